The number of rotatable bonds is 7. The average Bonchev–Trinajstić information content (AvgIpc) is 3.19. The summed E-state index contributed by atoms with van der Waals surface area (Å²) in [5.41, 5.74) is 1.96. The maximum Gasteiger partial charge on any atom is 0.264 e. The zero-order valence-corrected chi connectivity index (χ0v) is 22.3. The zero-order chi connectivity index (χ0) is 26.7. The Kier molecular flexibility index (Phi) is 7.51. The van der Waals surface area contributed by atoms with E-state index in [9.17, 15) is 13.2 Å². The zero-order valence-electron chi connectivity index (χ0n) is 20.7. The van der Waals surface area contributed by atoms with Gasteiger partial charge in [-0.3, -0.25) is 14.5 Å². The van der Waals surface area contributed by atoms with Crippen molar-refractivity contribution in [1.29, 1.82) is 0 Å². The number of hydrogen-bond acceptors (Lipinski definition) is 7. The molecule has 0 saturated carbocycles. The van der Waals surface area contributed by atoms with Crippen molar-refractivity contribution < 1.29 is 17.9 Å². The van der Waals surface area contributed by atoms with Gasteiger partial charge in [-0.05, 0) is 48.9 Å². The molecule has 4 aromatic rings. The van der Waals surface area contributed by atoms with Crippen LogP contribution in [0.1, 0.15) is 16.8 Å². The van der Waals surface area contributed by atoms with E-state index < -0.39 is 16.1 Å². The van der Waals surface area contributed by atoms with Crippen molar-refractivity contribution in [3.8, 4) is 5.75 Å². The van der Waals surface area contributed by atoms with Crippen LogP contribution in [-0.2, 0) is 10.0 Å². The van der Waals surface area contributed by atoms with Crippen molar-refractivity contribution in [3.63, 3.8) is 0 Å². The Balaban J connectivity index is 1.31. The minimum atomic E-state index is -3.97. The summed E-state index contributed by atoms with van der Waals surface area (Å²) in [6.45, 7) is 2.03. The van der Waals surface area contributed by atoms with E-state index in [2.05, 4.69) is 19.9 Å². The molecule has 1 aliphatic rings. The predicted octanol–water partition coefficient (Wildman–Crippen LogP) is 4.75. The minimum absolute atomic E-state index is 0.0501. The fraction of sp³-hybridized carbons (Fsp3) is 0.214. The maximum atomic E-state index is 13.3. The van der Waals surface area contributed by atoms with Crippen LogP contribution in [0.5, 0.6) is 5.75 Å². The molecule has 1 aliphatic heterocycles. The van der Waals surface area contributed by atoms with Crippen LogP contribution in [0.2, 0.25) is 5.02 Å². The first-order chi connectivity index (χ1) is 18.4. The first-order valence-electron chi connectivity index (χ1n) is 12.2. The molecule has 0 amide bonds. The molecule has 5 rings (SSSR count). The van der Waals surface area contributed by atoms with E-state index in [4.69, 9.17) is 16.3 Å². The molecule has 2 N–H and O–H groups in total. The molecule has 0 radical (unpaired) electrons. The quantitative estimate of drug-likeness (QED) is 0.320. The SMILES string of the molecule is COc1ccccc1N1CCNC(C(=O)c2ccc(NS(=O)(=O)c3cccc4cccnc34)c(Cl)c2)CC1. The second kappa shape index (κ2) is 11.0. The van der Waals surface area contributed by atoms with Crippen molar-refractivity contribution in [1.82, 2.24) is 10.3 Å². The van der Waals surface area contributed by atoms with Crippen LogP contribution in [0.4, 0.5) is 11.4 Å². The fourth-order valence-electron chi connectivity index (χ4n) is 4.67. The molecule has 1 unspecified atom stereocenters. The van der Waals surface area contributed by atoms with E-state index in [1.807, 2.05) is 24.3 Å². The molecule has 8 nitrogen and oxygen atoms in total. The van der Waals surface area contributed by atoms with E-state index in [0.29, 0.717) is 36.0 Å². The number of pyridine rings is 1. The van der Waals surface area contributed by atoms with Gasteiger partial charge in [-0.15, -0.1) is 0 Å². The predicted molar refractivity (Wildman–Crippen MR) is 150 cm³/mol. The Morgan fingerprint density at radius 3 is 2.71 bits per heavy atom. The number of nitrogens with one attached hydrogen (secondary N) is 2. The van der Waals surface area contributed by atoms with E-state index in [1.165, 1.54) is 18.2 Å². The van der Waals surface area contributed by atoms with Crippen molar-refractivity contribution in [2.24, 2.45) is 0 Å². The van der Waals surface area contributed by atoms with Crippen LogP contribution < -0.4 is 19.7 Å². The van der Waals surface area contributed by atoms with Gasteiger partial charge in [0.2, 0.25) is 0 Å². The van der Waals surface area contributed by atoms with Gasteiger partial charge in [-0.25, -0.2) is 8.42 Å². The summed E-state index contributed by atoms with van der Waals surface area (Å²) >= 11 is 6.46. The molecule has 196 valence electrons. The van der Waals surface area contributed by atoms with Crippen molar-refractivity contribution >= 4 is 49.7 Å². The lowest BCUT2D eigenvalue weighted by Gasteiger charge is -2.24. The van der Waals surface area contributed by atoms with Gasteiger partial charge < -0.3 is 15.0 Å². The van der Waals surface area contributed by atoms with E-state index in [-0.39, 0.29) is 21.4 Å². The molecule has 0 spiro atoms. The van der Waals surface area contributed by atoms with Gasteiger partial charge in [0.05, 0.1) is 35.1 Å². The standard InChI is InChI=1S/C28H27ClN4O4S/c1-37-25-9-3-2-8-24(25)33-16-13-23(30-15-17-33)28(34)20-11-12-22(21(29)18-20)32-38(35,36)26-10-4-6-19-7-5-14-31-27(19)26/h2-12,14,18,23,30,32H,13,15-17H2,1H3. The Morgan fingerprint density at radius 1 is 1.08 bits per heavy atom. The summed E-state index contributed by atoms with van der Waals surface area (Å²) in [5, 5.41) is 4.18. The molecular weight excluding hydrogens is 524 g/mol. The number of hydrogen-bond donors (Lipinski definition) is 2. The molecule has 0 bridgehead atoms. The van der Waals surface area contributed by atoms with Crippen LogP contribution >= 0.6 is 11.6 Å². The Hall–Kier alpha value is -3.66. The van der Waals surface area contributed by atoms with Gasteiger partial charge in [0.25, 0.3) is 10.0 Å². The Labute approximate surface area is 226 Å². The smallest absolute Gasteiger partial charge is 0.264 e. The molecule has 2 heterocycles. The highest BCUT2D eigenvalue weighted by atomic mass is 35.5. The third-order valence-corrected chi connectivity index (χ3v) is 8.30. The number of sulfonamides is 1. The maximum absolute atomic E-state index is 13.3. The van der Waals surface area contributed by atoms with Gasteiger partial charge >= 0.3 is 0 Å². The number of Topliss-reactive ketones (excluding diaryl/α,β-unsaturated/α-hetero) is 1. The molecule has 1 aromatic heterocycles. The van der Waals surface area contributed by atoms with Crippen molar-refractivity contribution in [2.75, 3.05) is 36.4 Å². The number of methoxy groups -OCH3 is 1. The Morgan fingerprint density at radius 2 is 1.89 bits per heavy atom. The number of benzene rings is 3. The van der Waals surface area contributed by atoms with E-state index >= 15 is 0 Å². The summed E-state index contributed by atoms with van der Waals surface area (Å²) in [6.07, 6.45) is 2.14. The highest BCUT2D eigenvalue weighted by Gasteiger charge is 2.26. The van der Waals surface area contributed by atoms with Gasteiger partial charge in [0.15, 0.2) is 5.78 Å². The normalized spacial score (nSPS) is 16.2. The van der Waals surface area contributed by atoms with Crippen LogP contribution in [0, 0.1) is 0 Å². The third-order valence-electron chi connectivity index (χ3n) is 6.59. The minimum Gasteiger partial charge on any atom is -0.495 e. The number of ketones is 1. The van der Waals surface area contributed by atoms with Gasteiger partial charge in [-0.1, -0.05) is 41.9 Å². The summed E-state index contributed by atoms with van der Waals surface area (Å²) in [6, 6.07) is 20.6. The second-order valence-corrected chi connectivity index (χ2v) is 11.0. The number of halogens is 1. The van der Waals surface area contributed by atoms with Crippen LogP contribution in [0.25, 0.3) is 10.9 Å². The number of aromatic nitrogens is 1. The largest absolute Gasteiger partial charge is 0.495 e. The highest BCUT2D eigenvalue weighted by molar-refractivity contribution is 7.93. The molecule has 3 aromatic carbocycles. The van der Waals surface area contributed by atoms with Crippen LogP contribution in [0.15, 0.2) is 83.9 Å². The summed E-state index contributed by atoms with van der Waals surface area (Å²) in [4.78, 5) is 19.8. The first-order valence-corrected chi connectivity index (χ1v) is 14.0. The van der Waals surface area contributed by atoms with Crippen molar-refractivity contribution in [2.45, 2.75) is 17.4 Å². The lowest BCUT2D eigenvalue weighted by Crippen LogP contribution is -2.37. The van der Waals surface area contributed by atoms with E-state index in [1.54, 1.807) is 43.6 Å². The number of para-hydroxylation sites is 3. The van der Waals surface area contributed by atoms with Gasteiger partial charge in [0, 0.05) is 36.8 Å². The topological polar surface area (TPSA) is 101 Å². The fourth-order valence-corrected chi connectivity index (χ4v) is 6.22. The first kappa shape index (κ1) is 26.0. The van der Waals surface area contributed by atoms with E-state index in [0.717, 1.165) is 18.0 Å². The lowest BCUT2D eigenvalue weighted by molar-refractivity contribution is 0.0942. The number of carbonyl (C=O) groups excluding carboxylic acids is 1. The van der Waals surface area contributed by atoms with Gasteiger partial charge in [0.1, 0.15) is 10.6 Å². The van der Waals surface area contributed by atoms with Crippen LogP contribution in [0.3, 0.4) is 0 Å². The summed E-state index contributed by atoms with van der Waals surface area (Å²) < 4.78 is 34.4. The summed E-state index contributed by atoms with van der Waals surface area (Å²) in [5.74, 6) is 0.697. The lowest BCUT2D eigenvalue weighted by atomic mass is 10.0. The molecule has 1 fully saturated rings. The van der Waals surface area contributed by atoms with Crippen molar-refractivity contribution in [3.05, 3.63) is 89.6 Å². The Bertz CT molecular complexity index is 1590. The molecule has 38 heavy (non-hydrogen) atoms. The molecule has 0 aliphatic carbocycles. The molecular formula is C28H27ClN4O4S. The molecule has 1 atom stereocenters. The molecule has 10 heteroatoms. The second-order valence-electron chi connectivity index (χ2n) is 8.95. The average molecular weight is 551 g/mol. The monoisotopic (exact) mass is 550 g/mol. The molecule has 1 saturated heterocycles. The number of fused-ring (bicyclic) bond motifs is 1. The number of nitrogens with zero attached hydrogens (tertiary/aromatic N) is 2. The van der Waals surface area contributed by atoms with Crippen LogP contribution in [-0.4, -0.2) is 52.0 Å². The number of carbonyl (C=O) groups is 1. The third kappa shape index (κ3) is 5.31. The number of anilines is 2. The highest BCUT2D eigenvalue weighted by Crippen LogP contribution is 2.30. The summed E-state index contributed by atoms with van der Waals surface area (Å²) in [7, 11) is -2.32. The van der Waals surface area contributed by atoms with Gasteiger partial charge in [-0.2, -0.15) is 0 Å². The number of ether oxygens (including phenoxy) is 1.